The second-order valence-electron chi connectivity index (χ2n) is 46.2. The van der Waals surface area contributed by atoms with Gasteiger partial charge in [-0.15, -0.1) is 11.3 Å². The lowest BCUT2D eigenvalue weighted by molar-refractivity contribution is -0.141. The number of benzene rings is 3. The van der Waals surface area contributed by atoms with Crippen molar-refractivity contribution in [1.29, 1.82) is 5.26 Å². The first-order valence-electron chi connectivity index (χ1n) is 46.2. The zero-order valence-electron chi connectivity index (χ0n) is 85.0. The first kappa shape index (κ1) is 112. The molecule has 124 heavy (non-hydrogen) atoms. The van der Waals surface area contributed by atoms with Crippen molar-refractivity contribution < 1.29 is 26.6 Å². The molecule has 0 bridgehead atoms. The standard InChI is InChI=1S/C16H24FNOS.C12H15N.C12H18O2S.C11H14N2.C10H20N2O.C10H19NO.C10H20.C9H18.C8H17N.C7H10ClNS/c1-16(2,3)15-6-5-14(17)11-13(15)12-18-7-9-20(4,19)10-8-18;1-9-5-6-11(12(2,3)4)10(7-9)8-13;1-9-6-7-10(12(2,3)4)11(8-9)15(5,13)14;1-11(2,3)9-8-13-7-5-4-6-10(13)12-9;1-8-6-7-11(5)9(13)12(8)10(2,3)4;1-8-6-5-7-9(12)11(8)10(2,3)4;1-10(2,3)9-7-5-4-6-8-9;1-9(2,3)8-6-4-5-7-8;1-8(2,3)9-6-4-5-7-9;1-7(2,3)6-9-4-5(8)10-6/h5-6,11H,4,7-10,12H2,1-3H3;5-7H,1-4H3;6-8H,1-5H3;4-8H,1-3H3;8H,6-7H2,1-5H3;8H,5-7H2,1-4H3;9H,4-8H2,1-3H3;8H,4-7H2,1-3H3;4-7H2,1-3H3;4H,1-3H3. The minimum absolute atomic E-state index is 0.00132. The molecule has 3 aromatic heterocycles. The number of sulfone groups is 1. The molecule has 4 saturated heterocycles. The summed E-state index contributed by atoms with van der Waals surface area (Å²) in [5.41, 5.74) is 11.0. The van der Waals surface area contributed by atoms with Crippen LogP contribution in [0, 0.1) is 53.7 Å². The molecule has 6 aromatic rings. The number of urea groups is 1. The van der Waals surface area contributed by atoms with E-state index < -0.39 is 19.4 Å². The molecule has 0 N–H and O–H groups in total. The summed E-state index contributed by atoms with van der Waals surface area (Å²) in [5.74, 6) is 7.22. The molecule has 0 radical (unpaired) electrons. The van der Waals surface area contributed by atoms with Crippen molar-refractivity contribution in [1.82, 2.24) is 38.9 Å². The number of aromatic nitrogens is 3. The fraction of sp³-hybridized carbons (Fsp3) is 0.695. The van der Waals surface area contributed by atoms with Crippen molar-refractivity contribution in [3.8, 4) is 6.07 Å². The molecule has 2 saturated carbocycles. The van der Waals surface area contributed by atoms with Gasteiger partial charge in [0.05, 0.1) is 33.4 Å². The largest absolute Gasteiger partial charge is 0.335 e. The summed E-state index contributed by atoms with van der Waals surface area (Å²) >= 11 is 7.27. The number of hydrogen-bond donors (Lipinski definition) is 0. The monoisotopic (exact) mass is 1790 g/mol. The summed E-state index contributed by atoms with van der Waals surface area (Å²) in [6, 6.07) is 25.9. The summed E-state index contributed by atoms with van der Waals surface area (Å²) in [6.45, 7) is 79.4. The molecular weight excluding hydrogens is 1620 g/mol. The van der Waals surface area contributed by atoms with E-state index in [9.17, 15) is 26.6 Å². The molecule has 19 heteroatoms. The van der Waals surface area contributed by atoms with Crippen LogP contribution in [0.1, 0.15) is 368 Å². The van der Waals surface area contributed by atoms with Crippen LogP contribution in [-0.2, 0) is 57.8 Å². The van der Waals surface area contributed by atoms with Crippen LogP contribution in [0.15, 0.2) is 96.3 Å². The lowest BCUT2D eigenvalue weighted by Crippen LogP contribution is -2.59. The lowest BCUT2D eigenvalue weighted by atomic mass is 9.72. The summed E-state index contributed by atoms with van der Waals surface area (Å²) in [4.78, 5) is 43.2. The number of carbonyl (C=O) groups excluding carboxylic acids is 2. The SMILES string of the molecule is C=S1(=O)CCN(Cc2cc(F)ccc2C(C)(C)C)CC1.CC(C)(C)C1CCCC1.CC(C)(C)C1CCCCC1.CC(C)(C)N1CCCC1.CC(C)(C)c1cn2ccccc2n1.CC(C)(C)c1ncc(Cl)s1.CC1CCCC(=O)N1C(C)(C)C.CC1CCN(C)C(=O)N1C(C)(C)C.Cc1ccc(C(C)(C)C)c(C#N)c1.Cc1ccc(C(C)(C)C)c(S(C)(=O)=O)c1. The van der Waals surface area contributed by atoms with Crippen molar-refractivity contribution in [3.63, 3.8) is 0 Å². The minimum Gasteiger partial charge on any atom is -0.335 e. The van der Waals surface area contributed by atoms with Gasteiger partial charge in [0.25, 0.3) is 0 Å². The van der Waals surface area contributed by atoms with Gasteiger partial charge in [-0.05, 0) is 285 Å². The fourth-order valence-electron chi connectivity index (χ4n) is 16.6. The number of nitriles is 1. The number of carbonyl (C=O) groups is 2. The third-order valence-electron chi connectivity index (χ3n) is 24.0. The Bertz CT molecular complexity index is 4450. The number of imidazole rings is 1. The average molecular weight is 1790 g/mol. The Kier molecular flexibility index (Phi) is 42.9. The lowest BCUT2D eigenvalue weighted by Gasteiger charge is -2.46. The highest BCUT2D eigenvalue weighted by molar-refractivity contribution is 8.00. The van der Waals surface area contributed by atoms with Crippen LogP contribution >= 0.6 is 22.9 Å². The molecule has 4 aliphatic heterocycles. The Morgan fingerprint density at radius 3 is 1.42 bits per heavy atom. The molecule has 2 atom stereocenters. The van der Waals surface area contributed by atoms with E-state index in [0.29, 0.717) is 50.8 Å². The number of piperidine rings is 1. The van der Waals surface area contributed by atoms with Gasteiger partial charge < -0.3 is 19.1 Å². The van der Waals surface area contributed by atoms with E-state index in [2.05, 4.69) is 249 Å². The minimum atomic E-state index is -3.14. The summed E-state index contributed by atoms with van der Waals surface area (Å²) in [7, 11) is -3.14. The Morgan fingerprint density at radius 1 is 0.565 bits per heavy atom. The van der Waals surface area contributed by atoms with Crippen molar-refractivity contribution in [2.24, 2.45) is 22.7 Å². The molecule has 0 spiro atoms. The van der Waals surface area contributed by atoms with E-state index in [1.807, 2.05) is 106 Å². The number of halogens is 2. The summed E-state index contributed by atoms with van der Waals surface area (Å²) < 4.78 is 51.6. The van der Waals surface area contributed by atoms with Gasteiger partial charge in [-0.2, -0.15) is 5.26 Å². The first-order chi connectivity index (χ1) is 56.4. The van der Waals surface area contributed by atoms with Gasteiger partial charge in [0.15, 0.2) is 9.84 Å². The zero-order valence-corrected chi connectivity index (χ0v) is 88.2. The number of amides is 3. The number of aryl methyl sites for hydroxylation is 2. The second-order valence-corrected chi connectivity index (χ2v) is 52.6. The second kappa shape index (κ2) is 47.2. The van der Waals surface area contributed by atoms with Crippen molar-refractivity contribution in [2.75, 3.05) is 57.5 Å². The van der Waals surface area contributed by atoms with Crippen LogP contribution in [0.5, 0.6) is 0 Å². The molecule has 7 heterocycles. The Morgan fingerprint density at radius 2 is 1.04 bits per heavy atom. The maximum atomic E-state index is 13.5. The van der Waals surface area contributed by atoms with E-state index >= 15 is 0 Å². The highest BCUT2D eigenvalue weighted by atomic mass is 35.5. The van der Waals surface area contributed by atoms with Gasteiger partial charge in [0.2, 0.25) is 5.91 Å². The van der Waals surface area contributed by atoms with Crippen LogP contribution in [0.3, 0.4) is 0 Å². The smallest absolute Gasteiger partial charge is 0.320 e. The molecule has 3 aromatic carbocycles. The van der Waals surface area contributed by atoms with Crippen LogP contribution < -0.4 is 0 Å². The van der Waals surface area contributed by atoms with Gasteiger partial charge in [0, 0.05) is 109 Å². The predicted octanol–water partition coefficient (Wildman–Crippen LogP) is 27.1. The molecule has 2 unspecified atom stereocenters. The van der Waals surface area contributed by atoms with Crippen LogP contribution in [0.4, 0.5) is 9.18 Å². The molecule has 14 nitrogen and oxygen atoms in total. The summed E-state index contributed by atoms with van der Waals surface area (Å²) in [5, 5.41) is 10.1. The number of thiazole rings is 1. The van der Waals surface area contributed by atoms with E-state index in [1.165, 1.54) is 102 Å². The number of hydrogen-bond acceptors (Lipinski definition) is 11. The molecule has 702 valence electrons. The number of likely N-dealkylation sites (tertiary alicyclic amines) is 2. The zero-order chi connectivity index (χ0) is 95.1. The van der Waals surface area contributed by atoms with Gasteiger partial charge in [0.1, 0.15) is 15.8 Å². The number of rotatable bonds is 3. The third-order valence-corrected chi connectivity index (χ3v) is 28.5. The Balaban J connectivity index is 0.000000359. The number of fused-ring (bicyclic) bond motifs is 1. The van der Waals surface area contributed by atoms with Crippen molar-refractivity contribution in [2.45, 2.75) is 399 Å². The molecule has 2 aliphatic carbocycles. The molecular formula is C105H175ClFN9O5S3. The molecule has 6 fully saturated rings. The van der Waals surface area contributed by atoms with E-state index in [0.717, 1.165) is 118 Å². The van der Waals surface area contributed by atoms with Crippen LogP contribution in [0.2, 0.25) is 4.34 Å². The van der Waals surface area contributed by atoms with Gasteiger partial charge in [-0.1, -0.05) is 226 Å². The fourth-order valence-corrected chi connectivity index (χ4v) is 20.2. The quantitative estimate of drug-likeness (QED) is 0.156. The Hall–Kier alpha value is -5.68. The van der Waals surface area contributed by atoms with E-state index in [1.54, 1.807) is 34.6 Å². The van der Waals surface area contributed by atoms with Gasteiger partial charge in [-0.25, -0.2) is 27.6 Å². The highest BCUT2D eigenvalue weighted by Crippen LogP contribution is 2.41. The van der Waals surface area contributed by atoms with Gasteiger partial charge in [-0.3, -0.25) is 18.8 Å². The van der Waals surface area contributed by atoms with E-state index in [-0.39, 0.29) is 50.0 Å². The van der Waals surface area contributed by atoms with Crippen LogP contribution in [-0.4, -0.2) is 156 Å². The maximum Gasteiger partial charge on any atom is 0.320 e. The van der Waals surface area contributed by atoms with Gasteiger partial charge >= 0.3 is 6.03 Å². The topological polar surface area (TPSA) is 156 Å². The molecule has 3 amide bonds. The molecule has 12 rings (SSSR count). The number of pyridine rings is 1. The average Bonchev–Trinajstić information content (AvgIpc) is 0.979. The first-order valence-corrected chi connectivity index (χ1v) is 51.4. The highest BCUT2D eigenvalue weighted by Gasteiger charge is 2.37. The predicted molar refractivity (Wildman–Crippen MR) is 534 cm³/mol. The maximum absolute atomic E-state index is 13.5. The molecule has 6 aliphatic rings. The Labute approximate surface area is 767 Å². The normalized spacial score (nSPS) is 18.6. The van der Waals surface area contributed by atoms with Crippen molar-refractivity contribution in [3.05, 3.63) is 151 Å². The third kappa shape index (κ3) is 39.3. The summed E-state index contributed by atoms with van der Waals surface area (Å²) in [6.07, 6.45) is 27.2. The van der Waals surface area contributed by atoms with E-state index in [4.69, 9.17) is 16.9 Å². The van der Waals surface area contributed by atoms with Crippen LogP contribution in [0.25, 0.3) is 5.65 Å². The number of nitrogens with zero attached hydrogens (tertiary/aromatic N) is 9. The van der Waals surface area contributed by atoms with Crippen molar-refractivity contribution >= 4 is 65.8 Å².